The summed E-state index contributed by atoms with van der Waals surface area (Å²) in [5.74, 6) is 1.13. The summed E-state index contributed by atoms with van der Waals surface area (Å²) in [6.07, 6.45) is 0.00486. The Balaban J connectivity index is 2.47. The average molecular weight is 230 g/mol. The Morgan fingerprint density at radius 3 is 2.88 bits per heavy atom. The third-order valence-electron chi connectivity index (χ3n) is 2.30. The maximum absolute atomic E-state index is 9.09. The van der Waals surface area contributed by atoms with E-state index in [-0.39, 0.29) is 6.10 Å². The van der Waals surface area contributed by atoms with Crippen molar-refractivity contribution in [2.75, 3.05) is 13.2 Å². The third kappa shape index (κ3) is 2.39. The first-order chi connectivity index (χ1) is 8.22. The molecule has 0 unspecified atom stereocenters. The Morgan fingerprint density at radius 1 is 1.47 bits per heavy atom. The zero-order valence-electron chi connectivity index (χ0n) is 9.93. The molecule has 0 fully saturated rings. The summed E-state index contributed by atoms with van der Waals surface area (Å²) >= 11 is 0. The van der Waals surface area contributed by atoms with Crippen LogP contribution in [0.3, 0.4) is 0 Å². The van der Waals surface area contributed by atoms with Gasteiger partial charge in [0.05, 0.1) is 23.8 Å². The first-order valence-electron chi connectivity index (χ1n) is 5.59. The predicted molar refractivity (Wildman–Crippen MR) is 64.3 cm³/mol. The molecule has 88 valence electrons. The van der Waals surface area contributed by atoms with Crippen molar-refractivity contribution in [3.05, 3.63) is 29.3 Å². The lowest BCUT2D eigenvalue weighted by molar-refractivity contribution is 0.240. The van der Waals surface area contributed by atoms with Gasteiger partial charge in [-0.05, 0) is 26.0 Å². The van der Waals surface area contributed by atoms with Gasteiger partial charge in [-0.2, -0.15) is 5.26 Å². The van der Waals surface area contributed by atoms with Crippen LogP contribution < -0.4 is 4.74 Å². The Labute approximate surface area is 100 Å². The van der Waals surface area contributed by atoms with Gasteiger partial charge in [0.25, 0.3) is 0 Å². The van der Waals surface area contributed by atoms with E-state index in [1.807, 2.05) is 26.0 Å². The van der Waals surface area contributed by atoms with Crippen LogP contribution in [-0.4, -0.2) is 25.2 Å². The van der Waals surface area contributed by atoms with E-state index in [1.165, 1.54) is 0 Å². The molecule has 1 aromatic rings. The van der Waals surface area contributed by atoms with Gasteiger partial charge in [-0.15, -0.1) is 0 Å². The summed E-state index contributed by atoms with van der Waals surface area (Å²) < 4.78 is 11.1. The van der Waals surface area contributed by atoms with E-state index in [1.54, 1.807) is 6.07 Å². The summed E-state index contributed by atoms with van der Waals surface area (Å²) in [4.78, 5) is 4.25. The quantitative estimate of drug-likeness (QED) is 0.799. The summed E-state index contributed by atoms with van der Waals surface area (Å²) in [5.41, 5.74) is 1.27. The lowest BCUT2D eigenvalue weighted by Crippen LogP contribution is -2.12. The highest BCUT2D eigenvalue weighted by atomic mass is 16.5. The van der Waals surface area contributed by atoms with Gasteiger partial charge in [0.15, 0.2) is 0 Å². The highest BCUT2D eigenvalue weighted by Crippen LogP contribution is 2.26. The second kappa shape index (κ2) is 4.88. The zero-order chi connectivity index (χ0) is 12.3. The third-order valence-corrected chi connectivity index (χ3v) is 2.30. The first kappa shape index (κ1) is 11.5. The van der Waals surface area contributed by atoms with E-state index in [4.69, 9.17) is 14.7 Å². The highest BCUT2D eigenvalue weighted by Gasteiger charge is 2.19. The van der Waals surface area contributed by atoms with Crippen LogP contribution in [0.25, 0.3) is 0 Å². The highest BCUT2D eigenvalue weighted by molar-refractivity contribution is 5.98. The Hall–Kier alpha value is -2.02. The van der Waals surface area contributed by atoms with Crippen molar-refractivity contribution < 1.29 is 9.47 Å². The van der Waals surface area contributed by atoms with Crippen LogP contribution in [0.1, 0.15) is 25.0 Å². The van der Waals surface area contributed by atoms with Crippen molar-refractivity contribution >= 4 is 5.90 Å². The van der Waals surface area contributed by atoms with Crippen LogP contribution in [0.5, 0.6) is 5.75 Å². The summed E-state index contributed by atoms with van der Waals surface area (Å²) in [6.45, 7) is 5.10. The number of para-hydroxylation sites is 1. The lowest BCUT2D eigenvalue weighted by Gasteiger charge is -2.15. The van der Waals surface area contributed by atoms with Crippen molar-refractivity contribution in [3.63, 3.8) is 0 Å². The van der Waals surface area contributed by atoms with Crippen LogP contribution in [0.4, 0.5) is 0 Å². The minimum atomic E-state index is 0.00486. The van der Waals surface area contributed by atoms with E-state index >= 15 is 0 Å². The Bertz CT molecular complexity index is 487. The normalized spacial score (nSPS) is 14.1. The van der Waals surface area contributed by atoms with Crippen LogP contribution in [0, 0.1) is 11.3 Å². The summed E-state index contributed by atoms with van der Waals surface area (Å²) in [5, 5.41) is 9.09. The number of hydrogen-bond acceptors (Lipinski definition) is 4. The van der Waals surface area contributed by atoms with Crippen LogP contribution >= 0.6 is 0 Å². The fraction of sp³-hybridized carbons (Fsp3) is 0.385. The molecule has 0 bridgehead atoms. The molecular weight excluding hydrogens is 216 g/mol. The van der Waals surface area contributed by atoms with Crippen molar-refractivity contribution in [1.82, 2.24) is 0 Å². The van der Waals surface area contributed by atoms with E-state index in [0.29, 0.717) is 30.4 Å². The van der Waals surface area contributed by atoms with Gasteiger partial charge < -0.3 is 9.47 Å². The molecule has 1 aliphatic heterocycles. The van der Waals surface area contributed by atoms with E-state index in [2.05, 4.69) is 11.1 Å². The maximum Gasteiger partial charge on any atom is 0.220 e. The molecule has 0 radical (unpaired) electrons. The Morgan fingerprint density at radius 2 is 2.29 bits per heavy atom. The van der Waals surface area contributed by atoms with Crippen molar-refractivity contribution in [1.29, 1.82) is 5.26 Å². The molecule has 0 N–H and O–H groups in total. The average Bonchev–Trinajstić information content (AvgIpc) is 2.82. The number of nitriles is 1. The molecule has 0 aliphatic carbocycles. The SMILES string of the molecule is CC(C)Oc1c(C#N)cccc1C1=NCCO1. The van der Waals surface area contributed by atoms with Crippen LogP contribution in [0.2, 0.25) is 0 Å². The molecule has 1 aromatic carbocycles. The van der Waals surface area contributed by atoms with Gasteiger partial charge in [0.1, 0.15) is 18.4 Å². The number of ether oxygens (including phenoxy) is 2. The molecule has 4 nitrogen and oxygen atoms in total. The number of hydrogen-bond donors (Lipinski definition) is 0. The topological polar surface area (TPSA) is 54.6 Å². The van der Waals surface area contributed by atoms with Crippen LogP contribution in [-0.2, 0) is 4.74 Å². The van der Waals surface area contributed by atoms with Crippen molar-refractivity contribution in [2.24, 2.45) is 4.99 Å². The summed E-state index contributed by atoms with van der Waals surface area (Å²) in [6, 6.07) is 7.54. The van der Waals surface area contributed by atoms with Crippen molar-refractivity contribution in [2.45, 2.75) is 20.0 Å². The zero-order valence-corrected chi connectivity index (χ0v) is 9.93. The number of aliphatic imine (C=N–C) groups is 1. The second-order valence-electron chi connectivity index (χ2n) is 4.00. The smallest absolute Gasteiger partial charge is 0.220 e. The Kier molecular flexibility index (Phi) is 3.29. The number of rotatable bonds is 3. The summed E-state index contributed by atoms with van der Waals surface area (Å²) in [7, 11) is 0. The van der Waals surface area contributed by atoms with Gasteiger partial charge >= 0.3 is 0 Å². The molecule has 1 aliphatic rings. The van der Waals surface area contributed by atoms with Crippen molar-refractivity contribution in [3.8, 4) is 11.8 Å². The fourth-order valence-electron chi connectivity index (χ4n) is 1.65. The van der Waals surface area contributed by atoms with E-state index in [9.17, 15) is 0 Å². The largest absolute Gasteiger partial charge is 0.489 e. The maximum atomic E-state index is 9.09. The number of benzene rings is 1. The molecule has 0 amide bonds. The molecule has 2 rings (SSSR count). The van der Waals surface area contributed by atoms with E-state index in [0.717, 1.165) is 5.56 Å². The van der Waals surface area contributed by atoms with E-state index < -0.39 is 0 Å². The first-order valence-corrected chi connectivity index (χ1v) is 5.59. The second-order valence-corrected chi connectivity index (χ2v) is 4.00. The molecule has 1 heterocycles. The molecule has 4 heteroatoms. The molecule has 17 heavy (non-hydrogen) atoms. The van der Waals surface area contributed by atoms with Gasteiger partial charge in [-0.25, -0.2) is 4.99 Å². The number of nitrogens with zero attached hydrogens (tertiary/aromatic N) is 2. The van der Waals surface area contributed by atoms with Crippen LogP contribution in [0.15, 0.2) is 23.2 Å². The minimum Gasteiger partial charge on any atom is -0.489 e. The predicted octanol–water partition coefficient (Wildman–Crippen LogP) is 2.12. The minimum absolute atomic E-state index is 0.00486. The standard InChI is InChI=1S/C13H14N2O2/c1-9(2)17-12-10(8-14)4-3-5-11(12)13-15-6-7-16-13/h3-5,9H,6-7H2,1-2H3. The van der Waals surface area contributed by atoms with Gasteiger partial charge in [0, 0.05) is 0 Å². The molecular formula is C13H14N2O2. The van der Waals surface area contributed by atoms with Gasteiger partial charge in [-0.1, -0.05) is 6.07 Å². The molecule has 0 saturated heterocycles. The monoisotopic (exact) mass is 230 g/mol. The molecule has 0 saturated carbocycles. The van der Waals surface area contributed by atoms with Gasteiger partial charge in [-0.3, -0.25) is 0 Å². The molecule has 0 atom stereocenters. The lowest BCUT2D eigenvalue weighted by atomic mass is 10.1. The fourth-order valence-corrected chi connectivity index (χ4v) is 1.65. The molecule has 0 aromatic heterocycles. The van der Waals surface area contributed by atoms with Gasteiger partial charge in [0.2, 0.25) is 5.90 Å². The molecule has 0 spiro atoms.